The van der Waals surface area contributed by atoms with Crippen LogP contribution in [0.15, 0.2) is 42.5 Å². The number of hydrogen-bond acceptors (Lipinski definition) is 1. The van der Waals surface area contributed by atoms with Gasteiger partial charge in [0.1, 0.15) is 0 Å². The highest BCUT2D eigenvalue weighted by Crippen LogP contribution is 2.18. The van der Waals surface area contributed by atoms with Crippen molar-refractivity contribution in [3.8, 4) is 0 Å². The molecule has 2 aromatic carbocycles. The van der Waals surface area contributed by atoms with E-state index < -0.39 is 0 Å². The molecule has 0 aliphatic heterocycles. The topological polar surface area (TPSA) is 29.1 Å². The summed E-state index contributed by atoms with van der Waals surface area (Å²) in [5.41, 5.74) is 3.85. The first-order chi connectivity index (χ1) is 9.10. The molecule has 0 atom stereocenters. The van der Waals surface area contributed by atoms with Gasteiger partial charge in [0.15, 0.2) is 0 Å². The molecule has 1 amide bonds. The third-order valence-corrected chi connectivity index (χ3v) is 4.61. The lowest BCUT2D eigenvalue weighted by Gasteiger charge is -2.07. The highest BCUT2D eigenvalue weighted by molar-refractivity contribution is 14.1. The third kappa shape index (κ3) is 3.79. The summed E-state index contributed by atoms with van der Waals surface area (Å²) in [6, 6.07) is 13.5. The lowest BCUT2D eigenvalue weighted by atomic mass is 10.1. The van der Waals surface area contributed by atoms with Crippen molar-refractivity contribution in [2.75, 3.05) is 5.32 Å². The van der Waals surface area contributed by atoms with Crippen LogP contribution in [-0.2, 0) is 5.33 Å². The van der Waals surface area contributed by atoms with E-state index in [0.29, 0.717) is 5.56 Å². The average molecular weight is 430 g/mol. The molecule has 0 unspecified atom stereocenters. The summed E-state index contributed by atoms with van der Waals surface area (Å²) in [5.74, 6) is -0.0826. The zero-order valence-electron chi connectivity index (χ0n) is 10.4. The Kier molecular flexibility index (Phi) is 4.99. The van der Waals surface area contributed by atoms with Crippen molar-refractivity contribution in [1.82, 2.24) is 0 Å². The van der Waals surface area contributed by atoms with Crippen LogP contribution in [0.5, 0.6) is 0 Å². The first kappa shape index (κ1) is 14.5. The van der Waals surface area contributed by atoms with Gasteiger partial charge in [0.2, 0.25) is 0 Å². The van der Waals surface area contributed by atoms with Gasteiger partial charge in [-0.25, -0.2) is 0 Å². The van der Waals surface area contributed by atoms with Crippen molar-refractivity contribution in [3.05, 3.63) is 62.7 Å². The fraction of sp³-hybridized carbons (Fsp3) is 0.133. The zero-order chi connectivity index (χ0) is 13.8. The Morgan fingerprint density at radius 3 is 2.47 bits per heavy atom. The second-order valence-electron chi connectivity index (χ2n) is 4.25. The Morgan fingerprint density at radius 2 is 1.89 bits per heavy atom. The SMILES string of the molecule is Cc1ccc(NC(=O)c2ccc(CBr)cc2)cc1I. The number of rotatable bonds is 3. The molecule has 2 nitrogen and oxygen atoms in total. The number of amides is 1. The molecule has 0 aliphatic rings. The van der Waals surface area contributed by atoms with E-state index in [4.69, 9.17) is 0 Å². The second kappa shape index (κ2) is 6.52. The van der Waals surface area contributed by atoms with Gasteiger partial charge < -0.3 is 5.32 Å². The number of carbonyl (C=O) groups excluding carboxylic acids is 1. The van der Waals surface area contributed by atoms with Crippen molar-refractivity contribution in [1.29, 1.82) is 0 Å². The number of benzene rings is 2. The highest BCUT2D eigenvalue weighted by Gasteiger charge is 2.06. The van der Waals surface area contributed by atoms with E-state index in [0.717, 1.165) is 20.2 Å². The Bertz CT molecular complexity index is 596. The molecule has 0 radical (unpaired) electrons. The van der Waals surface area contributed by atoms with E-state index in [1.807, 2.05) is 49.4 Å². The Balaban J connectivity index is 2.13. The average Bonchev–Trinajstić information content (AvgIpc) is 2.43. The number of anilines is 1. The van der Waals surface area contributed by atoms with Gasteiger partial charge in [-0.05, 0) is 64.9 Å². The first-order valence-corrected chi connectivity index (χ1v) is 8.02. The summed E-state index contributed by atoms with van der Waals surface area (Å²) in [5, 5.41) is 3.70. The van der Waals surface area contributed by atoms with E-state index in [1.165, 1.54) is 5.56 Å². The maximum absolute atomic E-state index is 12.1. The number of carbonyl (C=O) groups is 1. The molecule has 0 bridgehead atoms. The Morgan fingerprint density at radius 1 is 1.21 bits per heavy atom. The quantitative estimate of drug-likeness (QED) is 0.553. The minimum absolute atomic E-state index is 0.0826. The van der Waals surface area contributed by atoms with Crippen molar-refractivity contribution < 1.29 is 4.79 Å². The maximum atomic E-state index is 12.1. The lowest BCUT2D eigenvalue weighted by Crippen LogP contribution is -2.12. The molecular weight excluding hydrogens is 417 g/mol. The molecule has 2 aromatic rings. The van der Waals surface area contributed by atoms with Gasteiger partial charge in [-0.3, -0.25) is 4.79 Å². The zero-order valence-corrected chi connectivity index (χ0v) is 14.2. The van der Waals surface area contributed by atoms with E-state index in [9.17, 15) is 4.79 Å². The molecular formula is C15H13BrINO. The summed E-state index contributed by atoms with van der Waals surface area (Å²) in [6.45, 7) is 2.05. The largest absolute Gasteiger partial charge is 0.322 e. The number of aryl methyl sites for hydroxylation is 1. The molecule has 2 rings (SSSR count). The van der Waals surface area contributed by atoms with Gasteiger partial charge in [0.05, 0.1) is 0 Å². The minimum atomic E-state index is -0.0826. The van der Waals surface area contributed by atoms with E-state index >= 15 is 0 Å². The molecule has 0 saturated heterocycles. The number of halogens is 2. The van der Waals surface area contributed by atoms with Crippen LogP contribution in [-0.4, -0.2) is 5.91 Å². The molecule has 0 heterocycles. The van der Waals surface area contributed by atoms with Crippen molar-refractivity contribution in [2.24, 2.45) is 0 Å². The van der Waals surface area contributed by atoms with Crippen LogP contribution >= 0.6 is 38.5 Å². The normalized spacial score (nSPS) is 10.3. The minimum Gasteiger partial charge on any atom is -0.322 e. The summed E-state index contributed by atoms with van der Waals surface area (Å²) in [6.07, 6.45) is 0. The standard InChI is InChI=1S/C15H13BrINO/c1-10-2-7-13(8-14(10)17)18-15(19)12-5-3-11(9-16)4-6-12/h2-8H,9H2,1H3,(H,18,19). The van der Waals surface area contributed by atoms with Gasteiger partial charge in [-0.15, -0.1) is 0 Å². The molecule has 1 N–H and O–H groups in total. The van der Waals surface area contributed by atoms with Crippen LogP contribution in [0.25, 0.3) is 0 Å². The maximum Gasteiger partial charge on any atom is 0.255 e. The molecule has 19 heavy (non-hydrogen) atoms. The highest BCUT2D eigenvalue weighted by atomic mass is 127. The molecule has 0 fully saturated rings. The number of nitrogens with one attached hydrogen (secondary N) is 1. The summed E-state index contributed by atoms with van der Waals surface area (Å²) < 4.78 is 1.14. The van der Waals surface area contributed by atoms with Gasteiger partial charge in [0, 0.05) is 20.2 Å². The van der Waals surface area contributed by atoms with E-state index in [2.05, 4.69) is 43.8 Å². The molecule has 98 valence electrons. The number of alkyl halides is 1. The second-order valence-corrected chi connectivity index (χ2v) is 5.97. The molecule has 0 aliphatic carbocycles. The predicted molar refractivity (Wildman–Crippen MR) is 90.9 cm³/mol. The molecule has 0 saturated carbocycles. The Labute approximate surface area is 134 Å². The molecule has 0 spiro atoms. The van der Waals surface area contributed by atoms with Gasteiger partial charge in [0.25, 0.3) is 5.91 Å². The number of hydrogen-bond donors (Lipinski definition) is 1. The summed E-state index contributed by atoms with van der Waals surface area (Å²) in [4.78, 5) is 12.1. The van der Waals surface area contributed by atoms with Crippen molar-refractivity contribution in [2.45, 2.75) is 12.3 Å². The van der Waals surface area contributed by atoms with Crippen molar-refractivity contribution in [3.63, 3.8) is 0 Å². The predicted octanol–water partition coefficient (Wildman–Crippen LogP) is 4.75. The summed E-state index contributed by atoms with van der Waals surface area (Å²) >= 11 is 5.65. The van der Waals surface area contributed by atoms with Gasteiger partial charge >= 0.3 is 0 Å². The van der Waals surface area contributed by atoms with Gasteiger partial charge in [-0.2, -0.15) is 0 Å². The smallest absolute Gasteiger partial charge is 0.255 e. The fourth-order valence-electron chi connectivity index (χ4n) is 1.62. The van der Waals surface area contributed by atoms with Crippen LogP contribution in [0.3, 0.4) is 0 Å². The van der Waals surface area contributed by atoms with E-state index in [1.54, 1.807) is 0 Å². The molecule has 0 aromatic heterocycles. The van der Waals surface area contributed by atoms with Crippen LogP contribution in [0.2, 0.25) is 0 Å². The van der Waals surface area contributed by atoms with Crippen LogP contribution in [0.1, 0.15) is 21.5 Å². The first-order valence-electron chi connectivity index (χ1n) is 5.82. The molecule has 4 heteroatoms. The van der Waals surface area contributed by atoms with Crippen LogP contribution in [0.4, 0.5) is 5.69 Å². The fourth-order valence-corrected chi connectivity index (χ4v) is 2.51. The van der Waals surface area contributed by atoms with Gasteiger partial charge in [-0.1, -0.05) is 34.1 Å². The van der Waals surface area contributed by atoms with Crippen molar-refractivity contribution >= 4 is 50.1 Å². The van der Waals surface area contributed by atoms with Crippen LogP contribution < -0.4 is 5.32 Å². The third-order valence-electron chi connectivity index (χ3n) is 2.80. The Hall–Kier alpha value is -0.880. The lowest BCUT2D eigenvalue weighted by molar-refractivity contribution is 0.102. The monoisotopic (exact) mass is 429 g/mol. The van der Waals surface area contributed by atoms with E-state index in [-0.39, 0.29) is 5.91 Å². The summed E-state index contributed by atoms with van der Waals surface area (Å²) in [7, 11) is 0. The van der Waals surface area contributed by atoms with Crippen LogP contribution in [0, 0.1) is 10.5 Å².